The van der Waals surface area contributed by atoms with Gasteiger partial charge in [-0.3, -0.25) is 0 Å². The maximum atomic E-state index is 14.5. The highest BCUT2D eigenvalue weighted by Crippen LogP contribution is 2.47. The minimum atomic E-state index is -0.572. The highest BCUT2D eigenvalue weighted by atomic mass is 19.1. The fourth-order valence-electron chi connectivity index (χ4n) is 3.72. The van der Waals surface area contributed by atoms with Gasteiger partial charge in [0.2, 0.25) is 6.23 Å². The van der Waals surface area contributed by atoms with Crippen molar-refractivity contribution in [3.8, 4) is 5.75 Å². The van der Waals surface area contributed by atoms with Gasteiger partial charge >= 0.3 is 0 Å². The van der Waals surface area contributed by atoms with E-state index in [-0.39, 0.29) is 11.9 Å². The van der Waals surface area contributed by atoms with Crippen LogP contribution in [0.3, 0.4) is 0 Å². The lowest BCUT2D eigenvalue weighted by Gasteiger charge is -2.38. The summed E-state index contributed by atoms with van der Waals surface area (Å²) in [6, 6.07) is 24.9. The Morgan fingerprint density at radius 3 is 2.35 bits per heavy atom. The Morgan fingerprint density at radius 1 is 0.846 bits per heavy atom. The van der Waals surface area contributed by atoms with E-state index in [1.807, 2.05) is 47.5 Å². The second-order valence-corrected chi connectivity index (χ2v) is 6.54. The minimum Gasteiger partial charge on any atom is -0.464 e. The van der Waals surface area contributed by atoms with E-state index in [9.17, 15) is 4.39 Å². The Morgan fingerprint density at radius 2 is 1.54 bits per heavy atom. The van der Waals surface area contributed by atoms with E-state index in [2.05, 4.69) is 18.2 Å². The quantitative estimate of drug-likeness (QED) is 0.648. The van der Waals surface area contributed by atoms with Crippen LogP contribution >= 0.6 is 0 Å². The van der Waals surface area contributed by atoms with E-state index < -0.39 is 6.23 Å². The van der Waals surface area contributed by atoms with Crippen molar-refractivity contribution in [3.63, 3.8) is 0 Å². The van der Waals surface area contributed by atoms with Gasteiger partial charge in [-0.2, -0.15) is 5.10 Å². The number of hydrogen-bond acceptors (Lipinski definition) is 3. The van der Waals surface area contributed by atoms with Crippen LogP contribution in [0.5, 0.6) is 5.75 Å². The standard InChI is InChI=1S/C22H17FN2O/c23-18-12-6-4-10-16(18)22-25-20(17-11-5-7-13-21(17)26-22)14-19(24-25)15-8-2-1-3-9-15/h1-13,20,22H,14H2/t20-,22+/m0/s1. The first-order valence-corrected chi connectivity index (χ1v) is 8.72. The first kappa shape index (κ1) is 15.1. The molecule has 2 aliphatic heterocycles. The summed E-state index contributed by atoms with van der Waals surface area (Å²) in [6.07, 6.45) is 0.201. The van der Waals surface area contributed by atoms with Crippen molar-refractivity contribution in [1.82, 2.24) is 5.01 Å². The molecular weight excluding hydrogens is 327 g/mol. The van der Waals surface area contributed by atoms with Crippen molar-refractivity contribution in [3.05, 3.63) is 101 Å². The van der Waals surface area contributed by atoms with E-state index >= 15 is 0 Å². The number of ether oxygens (including phenoxy) is 1. The topological polar surface area (TPSA) is 24.8 Å². The van der Waals surface area contributed by atoms with Gasteiger partial charge in [0, 0.05) is 12.0 Å². The fourth-order valence-corrected chi connectivity index (χ4v) is 3.72. The van der Waals surface area contributed by atoms with Crippen LogP contribution < -0.4 is 4.74 Å². The van der Waals surface area contributed by atoms with E-state index in [1.165, 1.54) is 6.07 Å². The van der Waals surface area contributed by atoms with Crippen molar-refractivity contribution >= 4 is 5.71 Å². The van der Waals surface area contributed by atoms with Crippen LogP contribution in [-0.4, -0.2) is 10.7 Å². The van der Waals surface area contributed by atoms with Crippen molar-refractivity contribution in [2.24, 2.45) is 5.10 Å². The van der Waals surface area contributed by atoms with Gasteiger partial charge in [-0.15, -0.1) is 0 Å². The summed E-state index contributed by atoms with van der Waals surface area (Å²) in [6.45, 7) is 0. The third-order valence-corrected chi connectivity index (χ3v) is 4.98. The van der Waals surface area contributed by atoms with Crippen LogP contribution in [0, 0.1) is 5.82 Å². The van der Waals surface area contributed by atoms with Crippen LogP contribution in [0.15, 0.2) is 84.0 Å². The SMILES string of the molecule is Fc1ccccc1[C@H]1Oc2ccccc2[C@@H]2CC(c3ccccc3)=NN12. The average molecular weight is 344 g/mol. The predicted molar refractivity (Wildman–Crippen MR) is 98.4 cm³/mol. The maximum absolute atomic E-state index is 14.5. The minimum absolute atomic E-state index is 0.0414. The van der Waals surface area contributed by atoms with E-state index in [0.717, 1.165) is 29.0 Å². The molecule has 0 saturated carbocycles. The Balaban J connectivity index is 1.63. The molecule has 3 nitrogen and oxygen atoms in total. The number of hydrazone groups is 1. The Kier molecular flexibility index (Phi) is 3.49. The Hall–Kier alpha value is -3.14. The molecule has 4 heteroatoms. The second-order valence-electron chi connectivity index (χ2n) is 6.54. The van der Waals surface area contributed by atoms with Gasteiger partial charge in [0.15, 0.2) is 0 Å². The molecule has 0 bridgehead atoms. The molecule has 3 aromatic carbocycles. The molecule has 2 heterocycles. The number of rotatable bonds is 2. The highest BCUT2D eigenvalue weighted by molar-refractivity contribution is 6.01. The number of nitrogens with zero attached hydrogens (tertiary/aromatic N) is 2. The molecule has 3 aromatic rings. The second kappa shape index (κ2) is 5.99. The zero-order valence-corrected chi connectivity index (χ0v) is 14.0. The summed E-state index contributed by atoms with van der Waals surface area (Å²) in [5, 5.41) is 6.74. The van der Waals surface area contributed by atoms with E-state index in [1.54, 1.807) is 12.1 Å². The zero-order chi connectivity index (χ0) is 17.5. The van der Waals surface area contributed by atoms with E-state index in [0.29, 0.717) is 5.56 Å². The summed E-state index contributed by atoms with van der Waals surface area (Å²) >= 11 is 0. The highest BCUT2D eigenvalue weighted by Gasteiger charge is 2.41. The number of benzene rings is 3. The molecule has 0 fully saturated rings. The van der Waals surface area contributed by atoms with Crippen LogP contribution in [0.25, 0.3) is 0 Å². The first-order chi connectivity index (χ1) is 12.8. The van der Waals surface area contributed by atoms with Crippen molar-refractivity contribution in [2.75, 3.05) is 0 Å². The Bertz CT molecular complexity index is 986. The summed E-state index contributed by atoms with van der Waals surface area (Å²) in [4.78, 5) is 0. The third kappa shape index (κ3) is 2.37. The van der Waals surface area contributed by atoms with Gasteiger partial charge in [0.25, 0.3) is 0 Å². The molecule has 0 aliphatic carbocycles. The van der Waals surface area contributed by atoms with Crippen molar-refractivity contribution in [1.29, 1.82) is 0 Å². The molecule has 26 heavy (non-hydrogen) atoms. The average Bonchev–Trinajstić information content (AvgIpc) is 3.14. The molecule has 2 atom stereocenters. The maximum Gasteiger partial charge on any atom is 0.216 e. The molecule has 0 amide bonds. The molecule has 0 saturated heterocycles. The normalized spacial score (nSPS) is 20.8. The lowest BCUT2D eigenvalue weighted by atomic mass is 9.96. The van der Waals surface area contributed by atoms with Gasteiger partial charge < -0.3 is 4.74 Å². The predicted octanol–water partition coefficient (Wildman–Crippen LogP) is 5.07. The number of para-hydroxylation sites is 1. The zero-order valence-electron chi connectivity index (χ0n) is 14.0. The fraction of sp³-hybridized carbons (Fsp3) is 0.136. The molecular formula is C22H17FN2O. The lowest BCUT2D eigenvalue weighted by Crippen LogP contribution is -2.34. The Labute approximate surface area is 151 Å². The summed E-state index contributed by atoms with van der Waals surface area (Å²) in [5.41, 5.74) is 3.68. The number of hydrogen-bond donors (Lipinski definition) is 0. The molecule has 5 rings (SSSR count). The first-order valence-electron chi connectivity index (χ1n) is 8.72. The number of halogens is 1. The molecule has 0 aromatic heterocycles. The van der Waals surface area contributed by atoms with Crippen molar-refractivity contribution < 1.29 is 9.13 Å². The summed E-state index contributed by atoms with van der Waals surface area (Å²) in [7, 11) is 0. The van der Waals surface area contributed by atoms with Crippen LogP contribution in [0.2, 0.25) is 0 Å². The third-order valence-electron chi connectivity index (χ3n) is 4.98. The summed E-state index contributed by atoms with van der Waals surface area (Å²) in [5.74, 6) is 0.519. The largest absolute Gasteiger partial charge is 0.464 e. The molecule has 0 radical (unpaired) electrons. The van der Waals surface area contributed by atoms with Gasteiger partial charge in [0.05, 0.1) is 17.3 Å². The smallest absolute Gasteiger partial charge is 0.216 e. The molecule has 0 N–H and O–H groups in total. The lowest BCUT2D eigenvalue weighted by molar-refractivity contribution is -0.0212. The van der Waals surface area contributed by atoms with Crippen molar-refractivity contribution in [2.45, 2.75) is 18.7 Å². The molecule has 2 aliphatic rings. The molecule has 0 unspecified atom stereocenters. The van der Waals surface area contributed by atoms with Crippen LogP contribution in [-0.2, 0) is 0 Å². The molecule has 0 spiro atoms. The monoisotopic (exact) mass is 344 g/mol. The summed E-state index contributed by atoms with van der Waals surface area (Å²) < 4.78 is 20.6. The van der Waals surface area contributed by atoms with Gasteiger partial charge in [0.1, 0.15) is 11.6 Å². The van der Waals surface area contributed by atoms with Gasteiger partial charge in [-0.1, -0.05) is 66.7 Å². The van der Waals surface area contributed by atoms with Crippen LogP contribution in [0.4, 0.5) is 4.39 Å². The van der Waals surface area contributed by atoms with E-state index in [4.69, 9.17) is 9.84 Å². The van der Waals surface area contributed by atoms with Crippen LogP contribution in [0.1, 0.15) is 35.4 Å². The molecule has 128 valence electrons. The van der Waals surface area contributed by atoms with Gasteiger partial charge in [-0.05, 0) is 17.7 Å². The van der Waals surface area contributed by atoms with Gasteiger partial charge in [-0.25, -0.2) is 9.40 Å². The number of fused-ring (bicyclic) bond motifs is 3.